The summed E-state index contributed by atoms with van der Waals surface area (Å²) >= 11 is 0. The predicted octanol–water partition coefficient (Wildman–Crippen LogP) is 0.318. The van der Waals surface area contributed by atoms with E-state index >= 15 is 0 Å². The van der Waals surface area contributed by atoms with Crippen molar-refractivity contribution in [2.24, 2.45) is 11.7 Å². The fourth-order valence-corrected chi connectivity index (χ4v) is 0.922. The monoisotopic (exact) mass is 165 g/mol. The summed E-state index contributed by atoms with van der Waals surface area (Å²) in [4.78, 5) is 10.8. The van der Waals surface area contributed by atoms with Gasteiger partial charge in [-0.2, -0.15) is 0 Å². The first kappa shape index (κ1) is 9.72. The molecule has 1 fully saturated rings. The summed E-state index contributed by atoms with van der Waals surface area (Å²) < 4.78 is 4.48. The Balaban J connectivity index is 0.000000810. The van der Waals surface area contributed by atoms with Crippen molar-refractivity contribution in [2.45, 2.75) is 18.9 Å². The first-order valence-corrected chi connectivity index (χ1v) is 2.98. The van der Waals surface area contributed by atoms with E-state index in [0.29, 0.717) is 5.92 Å². The molecule has 0 spiro atoms. The first-order chi connectivity index (χ1) is 4.11. The molecule has 1 aliphatic carbocycles. The number of rotatable bonds is 1. The number of halogens is 1. The van der Waals surface area contributed by atoms with Crippen LogP contribution in [0.3, 0.4) is 0 Å². The van der Waals surface area contributed by atoms with E-state index in [2.05, 4.69) is 4.74 Å². The second kappa shape index (κ2) is 2.76. The molecule has 0 unspecified atom stereocenters. The van der Waals surface area contributed by atoms with Gasteiger partial charge in [-0.1, -0.05) is 6.92 Å². The van der Waals surface area contributed by atoms with E-state index < -0.39 is 5.54 Å². The Morgan fingerprint density at radius 1 is 1.80 bits per heavy atom. The van der Waals surface area contributed by atoms with Gasteiger partial charge in [0.2, 0.25) is 0 Å². The number of carbonyl (C=O) groups excluding carboxylic acids is 1. The molecule has 2 N–H and O–H groups in total. The Hall–Kier alpha value is -0.280. The maximum Gasteiger partial charge on any atom is 0.326 e. The van der Waals surface area contributed by atoms with Gasteiger partial charge in [-0.25, -0.2) is 0 Å². The summed E-state index contributed by atoms with van der Waals surface area (Å²) in [5.74, 6) is 0.0138. The Morgan fingerprint density at radius 2 is 2.20 bits per heavy atom. The van der Waals surface area contributed by atoms with Crippen LogP contribution in [0.15, 0.2) is 0 Å². The molecule has 0 aromatic rings. The predicted molar refractivity (Wildman–Crippen MR) is 40.0 cm³/mol. The second-order valence-electron chi connectivity index (χ2n) is 2.64. The molecule has 1 saturated carbocycles. The maximum atomic E-state index is 10.8. The van der Waals surface area contributed by atoms with Crippen LogP contribution in [0.25, 0.3) is 0 Å². The molecule has 0 amide bonds. The Morgan fingerprint density at radius 3 is 2.30 bits per heavy atom. The Bertz CT molecular complexity index is 151. The van der Waals surface area contributed by atoms with E-state index in [1.165, 1.54) is 7.11 Å². The second-order valence-corrected chi connectivity index (χ2v) is 2.64. The van der Waals surface area contributed by atoms with Gasteiger partial charge < -0.3 is 10.5 Å². The van der Waals surface area contributed by atoms with Crippen LogP contribution in [0.2, 0.25) is 0 Å². The highest BCUT2D eigenvalue weighted by Gasteiger charge is 2.55. The summed E-state index contributed by atoms with van der Waals surface area (Å²) in [5.41, 5.74) is 4.93. The summed E-state index contributed by atoms with van der Waals surface area (Å²) in [6.07, 6.45) is 0.764. The molecule has 60 valence electrons. The molecular formula is C6H12ClNO2. The van der Waals surface area contributed by atoms with E-state index in [9.17, 15) is 4.79 Å². The van der Waals surface area contributed by atoms with E-state index in [1.54, 1.807) is 0 Å². The van der Waals surface area contributed by atoms with Crippen molar-refractivity contribution < 1.29 is 9.53 Å². The SMILES string of the molecule is COC(=O)[C@]1(N)C[C@H]1C.Cl. The Kier molecular flexibility index (Phi) is 2.68. The zero-order chi connectivity index (χ0) is 7.07. The van der Waals surface area contributed by atoms with Crippen LogP contribution in [0.5, 0.6) is 0 Å². The van der Waals surface area contributed by atoms with Gasteiger partial charge in [0.05, 0.1) is 7.11 Å². The fourth-order valence-electron chi connectivity index (χ4n) is 0.922. The van der Waals surface area contributed by atoms with Gasteiger partial charge in [0.1, 0.15) is 5.54 Å². The largest absolute Gasteiger partial charge is 0.468 e. The third-order valence-electron chi connectivity index (χ3n) is 1.93. The van der Waals surface area contributed by atoms with Gasteiger partial charge in [-0.05, 0) is 12.3 Å². The van der Waals surface area contributed by atoms with Crippen LogP contribution in [0.1, 0.15) is 13.3 Å². The van der Waals surface area contributed by atoms with Gasteiger partial charge in [0, 0.05) is 0 Å². The normalized spacial score (nSPS) is 36.1. The molecule has 0 heterocycles. The highest BCUT2D eigenvalue weighted by Crippen LogP contribution is 2.40. The van der Waals surface area contributed by atoms with Crippen LogP contribution >= 0.6 is 12.4 Å². The molecule has 2 atom stereocenters. The third-order valence-corrected chi connectivity index (χ3v) is 1.93. The molecule has 10 heavy (non-hydrogen) atoms. The standard InChI is InChI=1S/C6H11NO2.ClH/c1-4-3-6(4,7)5(8)9-2;/h4H,3,7H2,1-2H3;1H/t4-,6+;/m1./s1. The van der Waals surface area contributed by atoms with Crippen LogP contribution in [0.4, 0.5) is 0 Å². The number of hydrogen-bond acceptors (Lipinski definition) is 3. The van der Waals surface area contributed by atoms with Gasteiger partial charge in [-0.15, -0.1) is 12.4 Å². The fraction of sp³-hybridized carbons (Fsp3) is 0.833. The molecule has 1 aliphatic rings. The number of hydrogen-bond donors (Lipinski definition) is 1. The highest BCUT2D eigenvalue weighted by molar-refractivity contribution is 5.85. The lowest BCUT2D eigenvalue weighted by molar-refractivity contribution is -0.143. The van der Waals surface area contributed by atoms with Gasteiger partial charge >= 0.3 is 5.97 Å². The van der Waals surface area contributed by atoms with E-state index in [1.807, 2.05) is 6.92 Å². The summed E-state index contributed by atoms with van der Waals surface area (Å²) in [6, 6.07) is 0. The minimum atomic E-state index is -0.644. The quantitative estimate of drug-likeness (QED) is 0.570. The van der Waals surface area contributed by atoms with Crippen LogP contribution in [0, 0.1) is 5.92 Å². The molecule has 3 nitrogen and oxygen atoms in total. The average molecular weight is 166 g/mol. The number of methoxy groups -OCH3 is 1. The number of esters is 1. The lowest BCUT2D eigenvalue weighted by Crippen LogP contribution is -2.35. The zero-order valence-electron chi connectivity index (χ0n) is 6.09. The average Bonchev–Trinajstić information content (AvgIpc) is 2.41. The topological polar surface area (TPSA) is 52.3 Å². The van der Waals surface area contributed by atoms with E-state index in [4.69, 9.17) is 5.73 Å². The third kappa shape index (κ3) is 1.25. The molecule has 0 radical (unpaired) electrons. The maximum absolute atomic E-state index is 10.8. The minimum Gasteiger partial charge on any atom is -0.468 e. The van der Waals surface area contributed by atoms with Gasteiger partial charge in [0.25, 0.3) is 0 Å². The molecule has 0 saturated heterocycles. The number of carbonyl (C=O) groups is 1. The zero-order valence-corrected chi connectivity index (χ0v) is 6.90. The molecule has 4 heteroatoms. The van der Waals surface area contributed by atoms with Crippen molar-refractivity contribution in [3.8, 4) is 0 Å². The van der Waals surface area contributed by atoms with Crippen molar-refractivity contribution in [2.75, 3.05) is 7.11 Å². The molecule has 0 aliphatic heterocycles. The van der Waals surface area contributed by atoms with Crippen molar-refractivity contribution in [1.29, 1.82) is 0 Å². The molecule has 0 bridgehead atoms. The van der Waals surface area contributed by atoms with Crippen molar-refractivity contribution in [3.63, 3.8) is 0 Å². The first-order valence-electron chi connectivity index (χ1n) is 2.98. The molecule has 1 rings (SSSR count). The van der Waals surface area contributed by atoms with Crippen molar-refractivity contribution >= 4 is 18.4 Å². The lowest BCUT2D eigenvalue weighted by Gasteiger charge is -2.04. The van der Waals surface area contributed by atoms with Crippen molar-refractivity contribution in [3.05, 3.63) is 0 Å². The van der Waals surface area contributed by atoms with E-state index in [0.717, 1.165) is 6.42 Å². The van der Waals surface area contributed by atoms with Crippen LogP contribution < -0.4 is 5.73 Å². The molecule has 0 aromatic carbocycles. The summed E-state index contributed by atoms with van der Waals surface area (Å²) in [6.45, 7) is 1.94. The lowest BCUT2D eigenvalue weighted by atomic mass is 10.2. The molecule has 0 aromatic heterocycles. The van der Waals surface area contributed by atoms with Crippen molar-refractivity contribution in [1.82, 2.24) is 0 Å². The summed E-state index contributed by atoms with van der Waals surface area (Å²) in [5, 5.41) is 0. The van der Waals surface area contributed by atoms with Gasteiger partial charge in [0.15, 0.2) is 0 Å². The van der Waals surface area contributed by atoms with Gasteiger partial charge in [-0.3, -0.25) is 4.79 Å². The summed E-state index contributed by atoms with van der Waals surface area (Å²) in [7, 11) is 1.36. The minimum absolute atomic E-state index is 0. The highest BCUT2D eigenvalue weighted by atomic mass is 35.5. The number of ether oxygens (including phenoxy) is 1. The Labute approximate surface area is 66.3 Å². The van der Waals surface area contributed by atoms with Crippen LogP contribution in [-0.2, 0) is 9.53 Å². The number of nitrogens with two attached hydrogens (primary N) is 1. The van der Waals surface area contributed by atoms with E-state index in [-0.39, 0.29) is 18.4 Å². The van der Waals surface area contributed by atoms with Crippen LogP contribution in [-0.4, -0.2) is 18.6 Å². The smallest absolute Gasteiger partial charge is 0.326 e. The molecular weight excluding hydrogens is 154 g/mol.